The molecule has 0 unspecified atom stereocenters. The van der Waals surface area contributed by atoms with Gasteiger partial charge in [0.2, 0.25) is 5.91 Å². The standard InChI is InChI=1S/C12H15ClN2OS/c13-10-3-1-2-4-11(10)17-8-12(16)15-6-5-9(14)7-15/h1-4,9H,5-8,14H2/t9-/m1/s1. The monoisotopic (exact) mass is 270 g/mol. The van der Waals surface area contributed by atoms with Crippen LogP contribution >= 0.6 is 23.4 Å². The van der Waals surface area contributed by atoms with Gasteiger partial charge in [-0.05, 0) is 18.6 Å². The summed E-state index contributed by atoms with van der Waals surface area (Å²) in [6.45, 7) is 1.46. The maximum atomic E-state index is 11.9. The number of amides is 1. The van der Waals surface area contributed by atoms with Gasteiger partial charge >= 0.3 is 0 Å². The van der Waals surface area contributed by atoms with Gasteiger partial charge in [-0.15, -0.1) is 11.8 Å². The molecule has 1 aliphatic rings. The summed E-state index contributed by atoms with van der Waals surface area (Å²) in [5, 5.41) is 0.698. The van der Waals surface area contributed by atoms with E-state index in [1.807, 2.05) is 29.2 Å². The Morgan fingerprint density at radius 1 is 1.53 bits per heavy atom. The zero-order valence-electron chi connectivity index (χ0n) is 9.43. The van der Waals surface area contributed by atoms with Crippen LogP contribution < -0.4 is 5.73 Å². The normalized spacial score (nSPS) is 19.6. The van der Waals surface area contributed by atoms with Gasteiger partial charge in [-0.2, -0.15) is 0 Å². The molecule has 1 aromatic carbocycles. The molecule has 2 rings (SSSR count). The fourth-order valence-electron chi connectivity index (χ4n) is 1.81. The second-order valence-corrected chi connectivity index (χ2v) is 5.53. The molecule has 1 aromatic rings. The summed E-state index contributed by atoms with van der Waals surface area (Å²) in [7, 11) is 0. The van der Waals surface area contributed by atoms with Gasteiger partial charge in [0.05, 0.1) is 10.8 Å². The fraction of sp³-hybridized carbons (Fsp3) is 0.417. The van der Waals surface area contributed by atoms with E-state index in [0.717, 1.165) is 17.9 Å². The Balaban J connectivity index is 1.86. The van der Waals surface area contributed by atoms with E-state index in [1.54, 1.807) is 0 Å². The van der Waals surface area contributed by atoms with Crippen molar-refractivity contribution in [2.45, 2.75) is 17.4 Å². The highest BCUT2D eigenvalue weighted by Crippen LogP contribution is 2.26. The maximum Gasteiger partial charge on any atom is 0.232 e. The first-order valence-electron chi connectivity index (χ1n) is 5.57. The van der Waals surface area contributed by atoms with Gasteiger partial charge < -0.3 is 10.6 Å². The first kappa shape index (κ1) is 12.7. The molecule has 0 aliphatic carbocycles. The molecule has 0 saturated carbocycles. The van der Waals surface area contributed by atoms with Crippen molar-refractivity contribution < 1.29 is 4.79 Å². The predicted octanol–water partition coefficient (Wildman–Crippen LogP) is 1.99. The van der Waals surface area contributed by atoms with Crippen molar-refractivity contribution in [1.29, 1.82) is 0 Å². The number of likely N-dealkylation sites (tertiary alicyclic amines) is 1. The molecule has 0 spiro atoms. The van der Waals surface area contributed by atoms with E-state index in [2.05, 4.69) is 0 Å². The van der Waals surface area contributed by atoms with Crippen LogP contribution in [0.5, 0.6) is 0 Å². The molecule has 1 heterocycles. The summed E-state index contributed by atoms with van der Waals surface area (Å²) < 4.78 is 0. The van der Waals surface area contributed by atoms with Gasteiger partial charge in [-0.1, -0.05) is 23.7 Å². The number of nitrogens with zero attached hydrogens (tertiary/aromatic N) is 1. The number of nitrogens with two attached hydrogens (primary N) is 1. The summed E-state index contributed by atoms with van der Waals surface area (Å²) in [4.78, 5) is 14.7. The van der Waals surface area contributed by atoms with Gasteiger partial charge in [0.25, 0.3) is 0 Å². The van der Waals surface area contributed by atoms with Gasteiger partial charge in [-0.3, -0.25) is 4.79 Å². The third-order valence-corrected chi connectivity index (χ3v) is 4.27. The molecule has 1 aliphatic heterocycles. The van der Waals surface area contributed by atoms with Crippen LogP contribution in [0.1, 0.15) is 6.42 Å². The number of rotatable bonds is 3. The second-order valence-electron chi connectivity index (χ2n) is 4.11. The predicted molar refractivity (Wildman–Crippen MR) is 71.3 cm³/mol. The number of halogens is 1. The fourth-order valence-corrected chi connectivity index (χ4v) is 2.95. The molecule has 0 radical (unpaired) electrons. The molecule has 2 N–H and O–H groups in total. The SMILES string of the molecule is N[C@@H]1CCN(C(=O)CSc2ccccc2Cl)C1. The van der Waals surface area contributed by atoms with Crippen LogP contribution in [0.15, 0.2) is 29.2 Å². The minimum absolute atomic E-state index is 0.142. The molecule has 1 atom stereocenters. The van der Waals surface area contributed by atoms with Gasteiger partial charge in [0, 0.05) is 24.0 Å². The van der Waals surface area contributed by atoms with Crippen LogP contribution in [0.4, 0.5) is 0 Å². The van der Waals surface area contributed by atoms with Crippen LogP contribution in [0.25, 0.3) is 0 Å². The molecule has 92 valence electrons. The van der Waals surface area contributed by atoms with Crippen molar-refractivity contribution in [3.8, 4) is 0 Å². The highest BCUT2D eigenvalue weighted by Gasteiger charge is 2.23. The van der Waals surface area contributed by atoms with Crippen molar-refractivity contribution in [2.24, 2.45) is 5.73 Å². The lowest BCUT2D eigenvalue weighted by Gasteiger charge is -2.15. The Morgan fingerprint density at radius 3 is 2.94 bits per heavy atom. The number of hydrogen-bond acceptors (Lipinski definition) is 3. The van der Waals surface area contributed by atoms with Gasteiger partial charge in [0.1, 0.15) is 0 Å². The molecule has 1 saturated heterocycles. The average molecular weight is 271 g/mol. The Hall–Kier alpha value is -0.710. The number of carbonyl (C=O) groups is 1. The molecular weight excluding hydrogens is 256 g/mol. The molecule has 0 bridgehead atoms. The Bertz CT molecular complexity index is 413. The quantitative estimate of drug-likeness (QED) is 0.855. The van der Waals surface area contributed by atoms with Crippen LogP contribution in [-0.2, 0) is 4.79 Å². The average Bonchev–Trinajstić information content (AvgIpc) is 2.74. The van der Waals surface area contributed by atoms with Crippen molar-refractivity contribution in [3.05, 3.63) is 29.3 Å². The summed E-state index contributed by atoms with van der Waals surface area (Å²) in [6.07, 6.45) is 0.905. The summed E-state index contributed by atoms with van der Waals surface area (Å²) in [5.74, 6) is 0.569. The third kappa shape index (κ3) is 3.37. The van der Waals surface area contributed by atoms with Crippen LogP contribution in [0.3, 0.4) is 0 Å². The van der Waals surface area contributed by atoms with E-state index in [1.165, 1.54) is 11.8 Å². The number of hydrogen-bond donors (Lipinski definition) is 1. The first-order chi connectivity index (χ1) is 8.16. The van der Waals surface area contributed by atoms with E-state index in [4.69, 9.17) is 17.3 Å². The zero-order valence-corrected chi connectivity index (χ0v) is 11.0. The summed E-state index contributed by atoms with van der Waals surface area (Å²) in [5.41, 5.74) is 5.77. The molecule has 5 heteroatoms. The minimum Gasteiger partial charge on any atom is -0.340 e. The number of benzene rings is 1. The number of thioether (sulfide) groups is 1. The summed E-state index contributed by atoms with van der Waals surface area (Å²) >= 11 is 7.50. The van der Waals surface area contributed by atoms with Gasteiger partial charge in [0.15, 0.2) is 0 Å². The van der Waals surface area contributed by atoms with E-state index < -0.39 is 0 Å². The van der Waals surface area contributed by atoms with Crippen molar-refractivity contribution in [1.82, 2.24) is 4.90 Å². The van der Waals surface area contributed by atoms with E-state index in [9.17, 15) is 4.79 Å². The number of carbonyl (C=O) groups excluding carboxylic acids is 1. The third-order valence-electron chi connectivity index (χ3n) is 2.77. The van der Waals surface area contributed by atoms with Crippen molar-refractivity contribution in [3.63, 3.8) is 0 Å². The van der Waals surface area contributed by atoms with Crippen molar-refractivity contribution >= 4 is 29.3 Å². The van der Waals surface area contributed by atoms with E-state index >= 15 is 0 Å². The molecule has 1 fully saturated rings. The second kappa shape index (κ2) is 5.76. The lowest BCUT2D eigenvalue weighted by Crippen LogP contribution is -2.33. The highest BCUT2D eigenvalue weighted by molar-refractivity contribution is 8.00. The lowest BCUT2D eigenvalue weighted by atomic mass is 10.3. The van der Waals surface area contributed by atoms with Gasteiger partial charge in [-0.25, -0.2) is 0 Å². The van der Waals surface area contributed by atoms with Crippen LogP contribution in [0, 0.1) is 0 Å². The smallest absolute Gasteiger partial charge is 0.232 e. The lowest BCUT2D eigenvalue weighted by molar-refractivity contribution is -0.127. The van der Waals surface area contributed by atoms with Crippen molar-refractivity contribution in [2.75, 3.05) is 18.8 Å². The molecule has 0 aromatic heterocycles. The van der Waals surface area contributed by atoms with Crippen LogP contribution in [-0.4, -0.2) is 35.7 Å². The van der Waals surface area contributed by atoms with E-state index in [-0.39, 0.29) is 11.9 Å². The Morgan fingerprint density at radius 2 is 2.29 bits per heavy atom. The first-order valence-corrected chi connectivity index (χ1v) is 6.94. The topological polar surface area (TPSA) is 46.3 Å². The zero-order chi connectivity index (χ0) is 12.3. The maximum absolute atomic E-state index is 11.9. The highest BCUT2D eigenvalue weighted by atomic mass is 35.5. The van der Waals surface area contributed by atoms with Crippen LogP contribution in [0.2, 0.25) is 5.02 Å². The Kier molecular flexibility index (Phi) is 4.31. The van der Waals surface area contributed by atoms with E-state index in [0.29, 0.717) is 17.3 Å². The molecule has 17 heavy (non-hydrogen) atoms. The minimum atomic E-state index is 0.142. The molecular formula is C12H15ClN2OS. The summed E-state index contributed by atoms with van der Waals surface area (Å²) in [6, 6.07) is 7.71. The largest absolute Gasteiger partial charge is 0.340 e. The molecule has 3 nitrogen and oxygen atoms in total. The molecule has 1 amide bonds. The Labute approximate surface area is 110 Å².